The Kier molecular flexibility index (Phi) is 5.01. The van der Waals surface area contributed by atoms with E-state index in [0.717, 1.165) is 14.6 Å². The molecule has 1 rings (SSSR count). The number of nitrogens with zero attached hydrogens (tertiary/aromatic N) is 1. The number of hydrogen-bond acceptors (Lipinski definition) is 3. The van der Waals surface area contributed by atoms with Gasteiger partial charge in [0.15, 0.2) is 0 Å². The molecule has 78 valence electrons. The molecular formula is C9H12Br2N2O. The van der Waals surface area contributed by atoms with Gasteiger partial charge in [-0.15, -0.1) is 0 Å². The molecule has 2 N–H and O–H groups in total. The molecule has 14 heavy (non-hydrogen) atoms. The van der Waals surface area contributed by atoms with E-state index in [4.69, 9.17) is 10.5 Å². The standard InChI is InChI=1S/C9H12Br2N2O/c1-2-14-5-8(12)9-7(11)3-6(10)4-13-9/h3-4,8H,2,5,12H2,1H3. The van der Waals surface area contributed by atoms with E-state index in [1.54, 1.807) is 6.20 Å². The molecule has 1 aromatic rings. The van der Waals surface area contributed by atoms with Gasteiger partial charge in [-0.25, -0.2) is 0 Å². The minimum Gasteiger partial charge on any atom is -0.380 e. The van der Waals surface area contributed by atoms with Gasteiger partial charge in [-0.05, 0) is 44.8 Å². The van der Waals surface area contributed by atoms with Gasteiger partial charge in [0.2, 0.25) is 0 Å². The summed E-state index contributed by atoms with van der Waals surface area (Å²) in [6, 6.07) is 1.74. The topological polar surface area (TPSA) is 48.1 Å². The van der Waals surface area contributed by atoms with Gasteiger partial charge >= 0.3 is 0 Å². The summed E-state index contributed by atoms with van der Waals surface area (Å²) >= 11 is 6.75. The third kappa shape index (κ3) is 3.31. The first-order valence-corrected chi connectivity index (χ1v) is 5.88. The van der Waals surface area contributed by atoms with E-state index in [1.807, 2.05) is 13.0 Å². The van der Waals surface area contributed by atoms with Gasteiger partial charge < -0.3 is 10.5 Å². The smallest absolute Gasteiger partial charge is 0.0737 e. The summed E-state index contributed by atoms with van der Waals surface area (Å²) in [6.45, 7) is 3.10. The molecule has 1 unspecified atom stereocenters. The summed E-state index contributed by atoms with van der Waals surface area (Å²) in [5, 5.41) is 0. The summed E-state index contributed by atoms with van der Waals surface area (Å²) < 4.78 is 7.07. The molecule has 0 fully saturated rings. The normalized spacial score (nSPS) is 12.9. The number of ether oxygens (including phenoxy) is 1. The highest BCUT2D eigenvalue weighted by Gasteiger charge is 2.11. The Bertz CT molecular complexity index is 307. The van der Waals surface area contributed by atoms with Gasteiger partial charge in [-0.3, -0.25) is 4.98 Å². The second-order valence-electron chi connectivity index (χ2n) is 2.79. The zero-order chi connectivity index (χ0) is 10.6. The first kappa shape index (κ1) is 12.1. The van der Waals surface area contributed by atoms with E-state index in [1.165, 1.54) is 0 Å². The molecule has 0 saturated carbocycles. The van der Waals surface area contributed by atoms with Gasteiger partial charge in [-0.2, -0.15) is 0 Å². The van der Waals surface area contributed by atoms with Gasteiger partial charge in [-0.1, -0.05) is 0 Å². The molecule has 0 amide bonds. The van der Waals surface area contributed by atoms with Gasteiger partial charge in [0, 0.05) is 21.7 Å². The first-order valence-electron chi connectivity index (χ1n) is 4.29. The lowest BCUT2D eigenvalue weighted by atomic mass is 10.2. The Hall–Kier alpha value is 0.0300. The second-order valence-corrected chi connectivity index (χ2v) is 4.56. The van der Waals surface area contributed by atoms with Crippen LogP contribution in [0.5, 0.6) is 0 Å². The fourth-order valence-electron chi connectivity index (χ4n) is 1.02. The molecule has 0 aliphatic rings. The Morgan fingerprint density at radius 1 is 1.57 bits per heavy atom. The lowest BCUT2D eigenvalue weighted by Gasteiger charge is -2.12. The monoisotopic (exact) mass is 322 g/mol. The van der Waals surface area contributed by atoms with Crippen molar-refractivity contribution < 1.29 is 4.74 Å². The Morgan fingerprint density at radius 3 is 2.86 bits per heavy atom. The number of rotatable bonds is 4. The Labute approximate surface area is 100 Å². The van der Waals surface area contributed by atoms with E-state index < -0.39 is 0 Å². The van der Waals surface area contributed by atoms with Crippen molar-refractivity contribution in [3.8, 4) is 0 Å². The lowest BCUT2D eigenvalue weighted by molar-refractivity contribution is 0.132. The molecule has 0 aliphatic heterocycles. The summed E-state index contributed by atoms with van der Waals surface area (Å²) in [5.41, 5.74) is 6.72. The summed E-state index contributed by atoms with van der Waals surface area (Å²) in [7, 11) is 0. The van der Waals surface area contributed by atoms with E-state index >= 15 is 0 Å². The molecule has 1 aromatic heterocycles. The van der Waals surface area contributed by atoms with Crippen molar-refractivity contribution in [2.24, 2.45) is 5.73 Å². The number of nitrogens with two attached hydrogens (primary N) is 1. The van der Waals surface area contributed by atoms with Crippen molar-refractivity contribution in [3.05, 3.63) is 26.9 Å². The number of hydrogen-bond donors (Lipinski definition) is 1. The van der Waals surface area contributed by atoms with Crippen molar-refractivity contribution in [2.45, 2.75) is 13.0 Å². The molecule has 1 atom stereocenters. The molecule has 5 heteroatoms. The maximum atomic E-state index is 5.90. The van der Waals surface area contributed by atoms with Crippen molar-refractivity contribution in [3.63, 3.8) is 0 Å². The predicted octanol–water partition coefficient (Wildman–Crippen LogP) is 2.64. The highest BCUT2D eigenvalue weighted by atomic mass is 79.9. The fraction of sp³-hybridized carbons (Fsp3) is 0.444. The average Bonchev–Trinajstić information content (AvgIpc) is 2.14. The summed E-state index contributed by atoms with van der Waals surface area (Å²) in [5.74, 6) is 0. The van der Waals surface area contributed by atoms with Crippen molar-refractivity contribution in [2.75, 3.05) is 13.2 Å². The maximum Gasteiger partial charge on any atom is 0.0737 e. The average molecular weight is 324 g/mol. The molecule has 0 bridgehead atoms. The minimum absolute atomic E-state index is 0.183. The van der Waals surface area contributed by atoms with Crippen molar-refractivity contribution in [1.29, 1.82) is 0 Å². The van der Waals surface area contributed by atoms with Crippen LogP contribution < -0.4 is 5.73 Å². The van der Waals surface area contributed by atoms with Crippen LogP contribution in [0.25, 0.3) is 0 Å². The van der Waals surface area contributed by atoms with E-state index in [9.17, 15) is 0 Å². The SMILES string of the molecule is CCOCC(N)c1ncc(Br)cc1Br. The molecule has 0 saturated heterocycles. The fourth-order valence-corrected chi connectivity index (χ4v) is 2.30. The van der Waals surface area contributed by atoms with Gasteiger partial charge in [0.25, 0.3) is 0 Å². The lowest BCUT2D eigenvalue weighted by Crippen LogP contribution is -2.18. The Morgan fingerprint density at radius 2 is 2.29 bits per heavy atom. The molecule has 0 aromatic carbocycles. The van der Waals surface area contributed by atoms with Crippen LogP contribution in [0.2, 0.25) is 0 Å². The zero-order valence-electron chi connectivity index (χ0n) is 7.84. The van der Waals surface area contributed by atoms with Crippen molar-refractivity contribution >= 4 is 31.9 Å². The van der Waals surface area contributed by atoms with E-state index in [0.29, 0.717) is 13.2 Å². The van der Waals surface area contributed by atoms with Crippen LogP contribution >= 0.6 is 31.9 Å². The molecule has 0 aliphatic carbocycles. The molecule has 0 spiro atoms. The van der Waals surface area contributed by atoms with Crippen molar-refractivity contribution in [1.82, 2.24) is 4.98 Å². The quantitative estimate of drug-likeness (QED) is 0.926. The number of pyridine rings is 1. The van der Waals surface area contributed by atoms with E-state index in [2.05, 4.69) is 36.8 Å². The van der Waals surface area contributed by atoms with Crippen LogP contribution in [0.4, 0.5) is 0 Å². The summed E-state index contributed by atoms with van der Waals surface area (Å²) in [6.07, 6.45) is 1.73. The van der Waals surface area contributed by atoms with Gasteiger partial charge in [0.05, 0.1) is 18.3 Å². The predicted molar refractivity (Wildman–Crippen MR) is 63.1 cm³/mol. The Balaban J connectivity index is 2.74. The van der Waals surface area contributed by atoms with Gasteiger partial charge in [0.1, 0.15) is 0 Å². The minimum atomic E-state index is -0.183. The highest BCUT2D eigenvalue weighted by molar-refractivity contribution is 9.11. The number of halogens is 2. The van der Waals surface area contributed by atoms with E-state index in [-0.39, 0.29) is 6.04 Å². The largest absolute Gasteiger partial charge is 0.380 e. The van der Waals surface area contributed by atoms with Crippen LogP contribution in [-0.2, 0) is 4.74 Å². The third-order valence-electron chi connectivity index (χ3n) is 1.69. The maximum absolute atomic E-state index is 5.90. The zero-order valence-corrected chi connectivity index (χ0v) is 11.0. The summed E-state index contributed by atoms with van der Waals surface area (Å²) in [4.78, 5) is 4.23. The second kappa shape index (κ2) is 5.80. The molecule has 3 nitrogen and oxygen atoms in total. The van der Waals surface area contributed by atoms with Crippen LogP contribution in [0.15, 0.2) is 21.2 Å². The highest BCUT2D eigenvalue weighted by Crippen LogP contribution is 2.23. The van der Waals surface area contributed by atoms with Crippen LogP contribution in [0, 0.1) is 0 Å². The molecule has 1 heterocycles. The van der Waals surface area contributed by atoms with Crippen LogP contribution in [-0.4, -0.2) is 18.2 Å². The molecular weight excluding hydrogens is 312 g/mol. The third-order valence-corrected chi connectivity index (χ3v) is 2.76. The van der Waals surface area contributed by atoms with Crippen LogP contribution in [0.1, 0.15) is 18.7 Å². The molecule has 0 radical (unpaired) electrons. The number of aromatic nitrogens is 1. The first-order chi connectivity index (χ1) is 6.65. The van der Waals surface area contributed by atoms with Crippen LogP contribution in [0.3, 0.4) is 0 Å².